The highest BCUT2D eigenvalue weighted by atomic mass is 16.6. The molecule has 8 atom stereocenters. The van der Waals surface area contributed by atoms with Gasteiger partial charge in [-0.05, 0) is 123 Å². The van der Waals surface area contributed by atoms with Crippen molar-refractivity contribution in [2.75, 3.05) is 6.61 Å². The van der Waals surface area contributed by atoms with Gasteiger partial charge in [0.1, 0.15) is 17.4 Å². The van der Waals surface area contributed by atoms with Crippen molar-refractivity contribution in [2.24, 2.45) is 46.3 Å². The van der Waals surface area contributed by atoms with Gasteiger partial charge < -0.3 is 13.9 Å². The lowest BCUT2D eigenvalue weighted by molar-refractivity contribution is -0.153. The van der Waals surface area contributed by atoms with E-state index < -0.39 is 0 Å². The number of hydrogen-bond acceptors (Lipinski definition) is 5. The van der Waals surface area contributed by atoms with Crippen molar-refractivity contribution in [1.29, 1.82) is 0 Å². The second-order valence-electron chi connectivity index (χ2n) is 16.2. The Morgan fingerprint density at radius 2 is 1.80 bits per heavy atom. The molecule has 0 saturated heterocycles. The molecule has 0 unspecified atom stereocenters. The molecule has 3 fully saturated rings. The van der Waals surface area contributed by atoms with Crippen LogP contribution in [0.15, 0.2) is 39.1 Å². The summed E-state index contributed by atoms with van der Waals surface area (Å²) in [6.07, 6.45) is 16.3. The SMILES string of the molecule is Cc1c(C)c2ccc(OCC(=O)O[C@H]3CC[C@@]4(C)C(=CC[C@H]5[C@H]6CC[C@H]([C@H](C)CCCC(C)C)[C@@]6(C)CC[C@@H]54)C3)cc2oc1=O. The summed E-state index contributed by atoms with van der Waals surface area (Å²) in [5, 5.41) is 0.872. The van der Waals surface area contributed by atoms with Crippen molar-refractivity contribution in [2.45, 2.75) is 125 Å². The Morgan fingerprint density at radius 1 is 1.00 bits per heavy atom. The second-order valence-corrected chi connectivity index (χ2v) is 16.2. The van der Waals surface area contributed by atoms with Crippen molar-refractivity contribution in [1.82, 2.24) is 0 Å². The molecule has 5 nitrogen and oxygen atoms in total. The number of carbonyl (C=O) groups is 1. The Balaban J connectivity index is 1.05. The van der Waals surface area contributed by atoms with Crippen molar-refractivity contribution >= 4 is 16.9 Å². The molecule has 0 spiro atoms. The van der Waals surface area contributed by atoms with E-state index in [0.29, 0.717) is 22.3 Å². The van der Waals surface area contributed by atoms with Crippen LogP contribution >= 0.6 is 0 Å². The Morgan fingerprint density at radius 3 is 2.58 bits per heavy atom. The molecule has 45 heavy (non-hydrogen) atoms. The van der Waals surface area contributed by atoms with E-state index in [4.69, 9.17) is 13.9 Å². The van der Waals surface area contributed by atoms with Gasteiger partial charge in [-0.2, -0.15) is 0 Å². The molecular formula is C40H56O5. The first-order chi connectivity index (χ1) is 21.4. The molecular weight excluding hydrogens is 560 g/mol. The smallest absolute Gasteiger partial charge is 0.344 e. The van der Waals surface area contributed by atoms with Gasteiger partial charge in [-0.1, -0.05) is 65.5 Å². The minimum atomic E-state index is -0.346. The molecule has 0 radical (unpaired) electrons. The summed E-state index contributed by atoms with van der Waals surface area (Å²) in [6.45, 7) is 16.0. The van der Waals surface area contributed by atoms with E-state index in [1.54, 1.807) is 13.0 Å². The third kappa shape index (κ3) is 6.02. The normalized spacial score (nSPS) is 33.2. The van der Waals surface area contributed by atoms with Gasteiger partial charge in [-0.15, -0.1) is 0 Å². The molecule has 2 aromatic rings. The Labute approximate surface area is 270 Å². The summed E-state index contributed by atoms with van der Waals surface area (Å²) in [5.74, 6) is 5.10. The summed E-state index contributed by atoms with van der Waals surface area (Å²) in [7, 11) is 0. The maximum atomic E-state index is 12.9. The third-order valence-corrected chi connectivity index (χ3v) is 13.3. The zero-order valence-electron chi connectivity index (χ0n) is 28.9. The summed E-state index contributed by atoms with van der Waals surface area (Å²) >= 11 is 0. The Kier molecular flexibility index (Phi) is 9.04. The quantitative estimate of drug-likeness (QED) is 0.159. The summed E-state index contributed by atoms with van der Waals surface area (Å²) < 4.78 is 17.2. The first-order valence-corrected chi connectivity index (χ1v) is 18.0. The van der Waals surface area contributed by atoms with Gasteiger partial charge in [0.15, 0.2) is 6.61 Å². The number of carbonyl (C=O) groups excluding carboxylic acids is 1. The third-order valence-electron chi connectivity index (χ3n) is 13.3. The number of aryl methyl sites for hydroxylation is 1. The number of hydrogen-bond donors (Lipinski definition) is 0. The molecule has 1 aromatic carbocycles. The number of fused-ring (bicyclic) bond motifs is 6. The molecule has 5 heteroatoms. The van der Waals surface area contributed by atoms with Crippen molar-refractivity contribution < 1.29 is 18.7 Å². The van der Waals surface area contributed by atoms with E-state index in [-0.39, 0.29) is 29.7 Å². The average molecular weight is 617 g/mol. The van der Waals surface area contributed by atoms with Gasteiger partial charge in [0.05, 0.1) is 0 Å². The van der Waals surface area contributed by atoms with Crippen LogP contribution in [0.5, 0.6) is 5.75 Å². The molecule has 0 N–H and O–H groups in total. The topological polar surface area (TPSA) is 65.7 Å². The minimum Gasteiger partial charge on any atom is -0.482 e. The van der Waals surface area contributed by atoms with Crippen LogP contribution < -0.4 is 10.4 Å². The van der Waals surface area contributed by atoms with E-state index >= 15 is 0 Å². The predicted molar refractivity (Wildman–Crippen MR) is 180 cm³/mol. The average Bonchev–Trinajstić information content (AvgIpc) is 3.36. The Hall–Kier alpha value is -2.56. The van der Waals surface area contributed by atoms with Crippen LogP contribution in [-0.2, 0) is 9.53 Å². The van der Waals surface area contributed by atoms with Crippen LogP contribution in [0.3, 0.4) is 0 Å². The minimum absolute atomic E-state index is 0.0892. The summed E-state index contributed by atoms with van der Waals surface area (Å²) in [6, 6.07) is 5.37. The second kappa shape index (κ2) is 12.6. The molecule has 6 rings (SSSR count). The van der Waals surface area contributed by atoms with Crippen LogP contribution in [-0.4, -0.2) is 18.7 Å². The molecule has 0 aliphatic heterocycles. The predicted octanol–water partition coefficient (Wildman–Crippen LogP) is 9.74. The van der Waals surface area contributed by atoms with Gasteiger partial charge in [0.2, 0.25) is 0 Å². The first kappa shape index (κ1) is 32.4. The van der Waals surface area contributed by atoms with Crippen LogP contribution in [0, 0.1) is 60.2 Å². The highest BCUT2D eigenvalue weighted by Gasteiger charge is 2.59. The fourth-order valence-electron chi connectivity index (χ4n) is 10.6. The molecule has 4 aliphatic rings. The first-order valence-electron chi connectivity index (χ1n) is 18.0. The number of benzene rings is 1. The van der Waals surface area contributed by atoms with Crippen LogP contribution in [0.4, 0.5) is 0 Å². The van der Waals surface area contributed by atoms with Gasteiger partial charge in [-0.25, -0.2) is 9.59 Å². The van der Waals surface area contributed by atoms with Crippen molar-refractivity contribution in [3.8, 4) is 5.75 Å². The highest BCUT2D eigenvalue weighted by Crippen LogP contribution is 2.67. The highest BCUT2D eigenvalue weighted by molar-refractivity contribution is 5.82. The lowest BCUT2D eigenvalue weighted by atomic mass is 9.47. The Bertz CT molecular complexity index is 1500. The van der Waals surface area contributed by atoms with E-state index in [9.17, 15) is 9.59 Å². The number of esters is 1. The maximum absolute atomic E-state index is 12.9. The van der Waals surface area contributed by atoms with E-state index in [1.807, 2.05) is 19.1 Å². The molecule has 3 saturated carbocycles. The number of ether oxygens (including phenoxy) is 2. The lowest BCUT2D eigenvalue weighted by Gasteiger charge is -2.58. The molecule has 1 aromatic heterocycles. The summed E-state index contributed by atoms with van der Waals surface area (Å²) in [4.78, 5) is 25.0. The standard InChI is InChI=1S/C40H56O5/c1-24(2)9-8-10-25(3)33-15-16-34-32-13-11-28-21-30(17-19-39(28,6)35(32)18-20-40(33,34)7)44-37(41)23-43-29-12-14-31-26(4)27(5)38(42)45-36(31)22-29/h11-12,14,22,24-25,30,32-35H,8-10,13,15-21,23H2,1-7H3/t25-,30+,32+,33-,34-,35+,39+,40-/m1/s1. The molecule has 4 aliphatic carbocycles. The molecule has 0 amide bonds. The van der Waals surface area contributed by atoms with Gasteiger partial charge >= 0.3 is 11.6 Å². The van der Waals surface area contributed by atoms with E-state index in [2.05, 4.69) is 40.7 Å². The lowest BCUT2D eigenvalue weighted by Crippen LogP contribution is -2.51. The number of rotatable bonds is 9. The summed E-state index contributed by atoms with van der Waals surface area (Å²) in [5.41, 5.74) is 3.90. The van der Waals surface area contributed by atoms with Crippen LogP contribution in [0.25, 0.3) is 11.0 Å². The van der Waals surface area contributed by atoms with E-state index in [1.165, 1.54) is 56.9 Å². The van der Waals surface area contributed by atoms with E-state index in [0.717, 1.165) is 65.7 Å². The number of allylic oxidation sites excluding steroid dienone is 1. The fraction of sp³-hybridized carbons (Fsp3) is 0.700. The largest absolute Gasteiger partial charge is 0.482 e. The molecule has 246 valence electrons. The van der Waals surface area contributed by atoms with Crippen LogP contribution in [0.2, 0.25) is 0 Å². The zero-order valence-corrected chi connectivity index (χ0v) is 28.9. The van der Waals surface area contributed by atoms with Gasteiger partial charge in [-0.3, -0.25) is 0 Å². The molecule has 1 heterocycles. The monoisotopic (exact) mass is 616 g/mol. The van der Waals surface area contributed by atoms with Crippen LogP contribution in [0.1, 0.15) is 116 Å². The van der Waals surface area contributed by atoms with Gasteiger partial charge in [0.25, 0.3) is 0 Å². The van der Waals surface area contributed by atoms with Crippen molar-refractivity contribution in [3.05, 3.63) is 51.4 Å². The zero-order chi connectivity index (χ0) is 32.1. The van der Waals surface area contributed by atoms with Crippen molar-refractivity contribution in [3.63, 3.8) is 0 Å². The van der Waals surface area contributed by atoms with Gasteiger partial charge in [0, 0.05) is 23.4 Å². The maximum Gasteiger partial charge on any atom is 0.344 e. The fourth-order valence-corrected chi connectivity index (χ4v) is 10.6. The molecule has 0 bridgehead atoms.